The number of carbonyl (C=O) groups is 1. The minimum atomic E-state index is -0.286. The summed E-state index contributed by atoms with van der Waals surface area (Å²) in [6.07, 6.45) is 3.82. The third-order valence-electron chi connectivity index (χ3n) is 3.87. The molecule has 0 aliphatic rings. The number of aromatic nitrogens is 2. The number of benzene rings is 2. The highest BCUT2D eigenvalue weighted by Crippen LogP contribution is 2.20. The number of anilines is 3. The number of carbonyl (C=O) groups excluding carboxylic acids is 1. The summed E-state index contributed by atoms with van der Waals surface area (Å²) in [5, 5.41) is 6.01. The fraction of sp³-hybridized carbons (Fsp3) is 0.150. The molecule has 0 atom stereocenters. The molecule has 2 N–H and O–H groups in total. The van der Waals surface area contributed by atoms with E-state index in [1.54, 1.807) is 7.11 Å². The lowest BCUT2D eigenvalue weighted by Gasteiger charge is -2.10. The summed E-state index contributed by atoms with van der Waals surface area (Å²) in [4.78, 5) is 20.8. The first kappa shape index (κ1) is 17.4. The van der Waals surface area contributed by atoms with Gasteiger partial charge in [0.15, 0.2) is 0 Å². The highest BCUT2D eigenvalue weighted by Gasteiger charge is 2.10. The zero-order chi connectivity index (χ0) is 18.4. The molecular weight excluding hydrogens is 328 g/mol. The summed E-state index contributed by atoms with van der Waals surface area (Å²) in [6.45, 7) is 2.05. The normalized spacial score (nSPS) is 10.2. The maximum Gasteiger partial charge on any atom is 0.275 e. The van der Waals surface area contributed by atoms with Gasteiger partial charge in [0.2, 0.25) is 0 Å². The molecule has 0 fully saturated rings. The standard InChI is InChI=1S/C20H20N4O2/c1-3-14-7-4-5-10-17(14)24-20(25)18-12-22-19(13-21-18)23-15-8-6-9-16(11-15)26-2/h4-13H,3H2,1-2H3,(H,22,23)(H,24,25). The van der Waals surface area contributed by atoms with E-state index in [1.165, 1.54) is 12.4 Å². The van der Waals surface area contributed by atoms with E-state index in [0.29, 0.717) is 5.82 Å². The van der Waals surface area contributed by atoms with Crippen LogP contribution in [0.3, 0.4) is 0 Å². The maximum absolute atomic E-state index is 12.4. The number of methoxy groups -OCH3 is 1. The van der Waals surface area contributed by atoms with Crippen LogP contribution in [0.25, 0.3) is 0 Å². The summed E-state index contributed by atoms with van der Waals surface area (Å²) in [7, 11) is 1.61. The minimum Gasteiger partial charge on any atom is -0.497 e. The van der Waals surface area contributed by atoms with Crippen molar-refractivity contribution >= 4 is 23.1 Å². The van der Waals surface area contributed by atoms with Crippen molar-refractivity contribution in [1.29, 1.82) is 0 Å². The molecule has 0 unspecified atom stereocenters. The third kappa shape index (κ3) is 4.16. The van der Waals surface area contributed by atoms with Crippen molar-refractivity contribution in [2.75, 3.05) is 17.7 Å². The van der Waals surface area contributed by atoms with Crippen molar-refractivity contribution in [1.82, 2.24) is 9.97 Å². The number of hydrogen-bond donors (Lipinski definition) is 2. The first-order chi connectivity index (χ1) is 12.7. The zero-order valence-electron chi connectivity index (χ0n) is 14.7. The average Bonchev–Trinajstić information content (AvgIpc) is 2.69. The molecular formula is C20H20N4O2. The second kappa shape index (κ2) is 8.11. The predicted molar refractivity (Wildman–Crippen MR) is 102 cm³/mol. The van der Waals surface area contributed by atoms with Gasteiger partial charge in [0.05, 0.1) is 19.5 Å². The Morgan fingerprint density at radius 2 is 1.92 bits per heavy atom. The lowest BCUT2D eigenvalue weighted by molar-refractivity contribution is 0.102. The Morgan fingerprint density at radius 3 is 2.65 bits per heavy atom. The van der Waals surface area contributed by atoms with E-state index in [0.717, 1.165) is 29.1 Å². The molecule has 26 heavy (non-hydrogen) atoms. The van der Waals surface area contributed by atoms with Crippen LogP contribution in [-0.4, -0.2) is 23.0 Å². The predicted octanol–water partition coefficient (Wildman–Crippen LogP) is 4.04. The highest BCUT2D eigenvalue weighted by molar-refractivity contribution is 6.03. The van der Waals surface area contributed by atoms with Gasteiger partial charge in [-0.1, -0.05) is 31.2 Å². The lowest BCUT2D eigenvalue weighted by Crippen LogP contribution is -2.15. The summed E-state index contributed by atoms with van der Waals surface area (Å²) in [6, 6.07) is 15.2. The van der Waals surface area contributed by atoms with Crippen molar-refractivity contribution in [2.45, 2.75) is 13.3 Å². The molecule has 0 radical (unpaired) electrons. The number of rotatable bonds is 6. The summed E-state index contributed by atoms with van der Waals surface area (Å²) >= 11 is 0. The van der Waals surface area contributed by atoms with E-state index in [4.69, 9.17) is 4.74 Å². The highest BCUT2D eigenvalue weighted by atomic mass is 16.5. The number of nitrogens with zero attached hydrogens (tertiary/aromatic N) is 2. The molecule has 3 rings (SSSR count). The Morgan fingerprint density at radius 1 is 1.08 bits per heavy atom. The van der Waals surface area contributed by atoms with Gasteiger partial charge in [0.1, 0.15) is 17.3 Å². The van der Waals surface area contributed by atoms with Crippen molar-refractivity contribution in [3.63, 3.8) is 0 Å². The molecule has 0 bridgehead atoms. The molecule has 0 saturated heterocycles. The van der Waals surface area contributed by atoms with E-state index in [1.807, 2.05) is 55.5 Å². The Balaban J connectivity index is 1.69. The molecule has 2 aromatic carbocycles. The summed E-state index contributed by atoms with van der Waals surface area (Å²) in [5.41, 5.74) is 2.95. The molecule has 0 aliphatic carbocycles. The van der Waals surface area contributed by atoms with Gasteiger partial charge < -0.3 is 15.4 Å². The van der Waals surface area contributed by atoms with Crippen LogP contribution < -0.4 is 15.4 Å². The van der Waals surface area contributed by atoms with Crippen molar-refractivity contribution < 1.29 is 9.53 Å². The lowest BCUT2D eigenvalue weighted by atomic mass is 10.1. The van der Waals surface area contributed by atoms with Crippen molar-refractivity contribution in [3.8, 4) is 5.75 Å². The molecule has 1 heterocycles. The molecule has 1 amide bonds. The fourth-order valence-corrected chi connectivity index (χ4v) is 2.50. The maximum atomic E-state index is 12.4. The molecule has 132 valence electrons. The Bertz CT molecular complexity index is 894. The van der Waals surface area contributed by atoms with Gasteiger partial charge in [-0.15, -0.1) is 0 Å². The van der Waals surface area contributed by atoms with Gasteiger partial charge in [-0.25, -0.2) is 9.97 Å². The number of hydrogen-bond acceptors (Lipinski definition) is 5. The number of para-hydroxylation sites is 1. The van der Waals surface area contributed by atoms with Crippen LogP contribution in [0.15, 0.2) is 60.9 Å². The minimum absolute atomic E-state index is 0.257. The van der Waals surface area contributed by atoms with Crippen LogP contribution in [0.4, 0.5) is 17.2 Å². The SMILES string of the molecule is CCc1ccccc1NC(=O)c1cnc(Nc2cccc(OC)c2)cn1. The first-order valence-corrected chi connectivity index (χ1v) is 8.32. The van der Waals surface area contributed by atoms with E-state index in [9.17, 15) is 4.79 Å². The van der Waals surface area contributed by atoms with Crippen LogP contribution in [0.1, 0.15) is 23.0 Å². The number of aryl methyl sites for hydroxylation is 1. The smallest absolute Gasteiger partial charge is 0.275 e. The van der Waals surface area contributed by atoms with Crippen LogP contribution in [-0.2, 0) is 6.42 Å². The zero-order valence-corrected chi connectivity index (χ0v) is 14.7. The van der Waals surface area contributed by atoms with E-state index in [-0.39, 0.29) is 11.6 Å². The molecule has 0 saturated carbocycles. The molecule has 1 aromatic heterocycles. The second-order valence-electron chi connectivity index (χ2n) is 5.61. The van der Waals surface area contributed by atoms with Gasteiger partial charge in [0.25, 0.3) is 5.91 Å². The number of amides is 1. The Hall–Kier alpha value is -3.41. The largest absolute Gasteiger partial charge is 0.497 e. The average molecular weight is 348 g/mol. The van der Waals surface area contributed by atoms with Gasteiger partial charge in [-0.3, -0.25) is 4.79 Å². The molecule has 0 spiro atoms. The van der Waals surface area contributed by atoms with Crippen molar-refractivity contribution in [3.05, 3.63) is 72.2 Å². The van der Waals surface area contributed by atoms with Crippen LogP contribution in [0, 0.1) is 0 Å². The molecule has 3 aromatic rings. The van der Waals surface area contributed by atoms with Crippen LogP contribution in [0.5, 0.6) is 5.75 Å². The Labute approximate surface area is 152 Å². The van der Waals surface area contributed by atoms with Crippen LogP contribution >= 0.6 is 0 Å². The van der Waals surface area contributed by atoms with Gasteiger partial charge in [0, 0.05) is 17.4 Å². The third-order valence-corrected chi connectivity index (χ3v) is 3.87. The molecule has 6 nitrogen and oxygen atoms in total. The quantitative estimate of drug-likeness (QED) is 0.703. The van der Waals surface area contributed by atoms with Gasteiger partial charge in [-0.05, 0) is 30.2 Å². The first-order valence-electron chi connectivity index (χ1n) is 8.32. The van der Waals surface area contributed by atoms with E-state index >= 15 is 0 Å². The monoisotopic (exact) mass is 348 g/mol. The summed E-state index contributed by atoms with van der Waals surface area (Å²) < 4.78 is 5.19. The summed E-state index contributed by atoms with van der Waals surface area (Å²) in [5.74, 6) is 1.00. The topological polar surface area (TPSA) is 76.1 Å². The van der Waals surface area contributed by atoms with Gasteiger partial charge >= 0.3 is 0 Å². The second-order valence-corrected chi connectivity index (χ2v) is 5.61. The van der Waals surface area contributed by atoms with Crippen molar-refractivity contribution in [2.24, 2.45) is 0 Å². The Kier molecular flexibility index (Phi) is 5.43. The van der Waals surface area contributed by atoms with Gasteiger partial charge in [-0.2, -0.15) is 0 Å². The number of ether oxygens (including phenoxy) is 1. The molecule has 6 heteroatoms. The number of nitrogens with one attached hydrogen (secondary N) is 2. The fourth-order valence-electron chi connectivity index (χ4n) is 2.50. The van der Waals surface area contributed by atoms with E-state index < -0.39 is 0 Å². The van der Waals surface area contributed by atoms with Crippen LogP contribution in [0.2, 0.25) is 0 Å². The molecule has 0 aliphatic heterocycles. The van der Waals surface area contributed by atoms with E-state index in [2.05, 4.69) is 20.6 Å².